The molecule has 0 bridgehead atoms. The Morgan fingerprint density at radius 2 is 1.88 bits per heavy atom. The Balaban J connectivity index is 3.01. The SMILES string of the molecule is COC(=O)c1cc(C#CC(C)(C)NC(=O)OC(C)(C)C)nc(CBr)c1. The van der Waals surface area contributed by atoms with Gasteiger partial charge in [-0.3, -0.25) is 0 Å². The Morgan fingerprint density at radius 1 is 1.24 bits per heavy atom. The van der Waals surface area contributed by atoms with Crippen LogP contribution in [0.2, 0.25) is 0 Å². The number of carbonyl (C=O) groups excluding carboxylic acids is 2. The number of hydrogen-bond acceptors (Lipinski definition) is 5. The molecule has 1 aromatic rings. The molecule has 7 heteroatoms. The fourth-order valence-corrected chi connectivity index (χ4v) is 2.05. The maximum atomic E-state index is 11.9. The Bertz CT molecular complexity index is 712. The van der Waals surface area contributed by atoms with Crippen LogP contribution in [0.25, 0.3) is 0 Å². The first kappa shape index (κ1) is 21.0. The van der Waals surface area contributed by atoms with Gasteiger partial charge in [-0.25, -0.2) is 14.6 Å². The van der Waals surface area contributed by atoms with Gasteiger partial charge in [-0.2, -0.15) is 0 Å². The van der Waals surface area contributed by atoms with Gasteiger partial charge < -0.3 is 14.8 Å². The minimum Gasteiger partial charge on any atom is -0.465 e. The molecular weight excluding hydrogens is 388 g/mol. The van der Waals surface area contributed by atoms with Gasteiger partial charge in [0.25, 0.3) is 0 Å². The number of nitrogens with one attached hydrogen (secondary N) is 1. The second-order valence-corrected chi connectivity index (χ2v) is 7.42. The third-order valence-electron chi connectivity index (χ3n) is 2.75. The average molecular weight is 411 g/mol. The molecule has 0 aliphatic heterocycles. The number of aromatic nitrogens is 1. The number of esters is 1. The fraction of sp³-hybridized carbons (Fsp3) is 0.500. The summed E-state index contributed by atoms with van der Waals surface area (Å²) in [6.07, 6.45) is -0.552. The van der Waals surface area contributed by atoms with E-state index in [-0.39, 0.29) is 0 Å². The zero-order valence-electron chi connectivity index (χ0n) is 15.3. The number of amides is 1. The Morgan fingerprint density at radius 3 is 2.40 bits per heavy atom. The minimum atomic E-state index is -0.833. The third-order valence-corrected chi connectivity index (χ3v) is 3.33. The van der Waals surface area contributed by atoms with Gasteiger partial charge in [-0.05, 0) is 52.7 Å². The van der Waals surface area contributed by atoms with Gasteiger partial charge >= 0.3 is 12.1 Å². The van der Waals surface area contributed by atoms with Crippen LogP contribution in [-0.4, -0.2) is 35.3 Å². The molecule has 1 amide bonds. The highest BCUT2D eigenvalue weighted by Crippen LogP contribution is 2.12. The molecule has 0 aliphatic carbocycles. The molecule has 1 N–H and O–H groups in total. The molecule has 0 radical (unpaired) electrons. The number of rotatable bonds is 3. The number of ether oxygens (including phenoxy) is 2. The molecule has 0 aromatic carbocycles. The lowest BCUT2D eigenvalue weighted by atomic mass is 10.1. The van der Waals surface area contributed by atoms with Crippen molar-refractivity contribution >= 4 is 28.0 Å². The van der Waals surface area contributed by atoms with Gasteiger partial charge in [0, 0.05) is 5.33 Å². The summed E-state index contributed by atoms with van der Waals surface area (Å²) in [6, 6.07) is 3.18. The number of nitrogens with zero attached hydrogens (tertiary/aromatic N) is 1. The molecule has 6 nitrogen and oxygen atoms in total. The van der Waals surface area contributed by atoms with E-state index in [0.717, 1.165) is 0 Å². The van der Waals surface area contributed by atoms with Crippen molar-refractivity contribution < 1.29 is 19.1 Å². The van der Waals surface area contributed by atoms with Crippen LogP contribution in [0.5, 0.6) is 0 Å². The highest BCUT2D eigenvalue weighted by Gasteiger charge is 2.22. The summed E-state index contributed by atoms with van der Waals surface area (Å²) < 4.78 is 9.96. The van der Waals surface area contributed by atoms with Crippen molar-refractivity contribution in [1.82, 2.24) is 10.3 Å². The van der Waals surface area contributed by atoms with E-state index in [9.17, 15) is 9.59 Å². The van der Waals surface area contributed by atoms with Crippen LogP contribution in [0.4, 0.5) is 4.79 Å². The van der Waals surface area contributed by atoms with Crippen molar-refractivity contribution in [3.8, 4) is 11.8 Å². The number of methoxy groups -OCH3 is 1. The summed E-state index contributed by atoms with van der Waals surface area (Å²) in [5.41, 5.74) is 0.0184. The van der Waals surface area contributed by atoms with Crippen molar-refractivity contribution in [2.24, 2.45) is 0 Å². The molecule has 0 saturated carbocycles. The quantitative estimate of drug-likeness (QED) is 0.469. The van der Waals surface area contributed by atoms with Crippen molar-refractivity contribution in [1.29, 1.82) is 0 Å². The molecule has 136 valence electrons. The Hall–Kier alpha value is -2.07. The van der Waals surface area contributed by atoms with Crippen molar-refractivity contribution in [3.05, 3.63) is 29.1 Å². The number of alkyl halides is 1. The second-order valence-electron chi connectivity index (χ2n) is 6.86. The summed E-state index contributed by atoms with van der Waals surface area (Å²) >= 11 is 3.31. The van der Waals surface area contributed by atoms with E-state index in [1.807, 2.05) is 0 Å². The zero-order chi connectivity index (χ0) is 19.3. The van der Waals surface area contributed by atoms with Gasteiger partial charge in [-0.15, -0.1) is 0 Å². The average Bonchev–Trinajstić information content (AvgIpc) is 2.49. The molecule has 25 heavy (non-hydrogen) atoms. The summed E-state index contributed by atoms with van der Waals surface area (Å²) in [5.74, 6) is 5.36. The van der Waals surface area contributed by atoms with Crippen LogP contribution in [-0.2, 0) is 14.8 Å². The molecular formula is C18H23BrN2O4. The van der Waals surface area contributed by atoms with E-state index in [0.29, 0.717) is 22.3 Å². The van der Waals surface area contributed by atoms with Gasteiger partial charge in [0.05, 0.1) is 23.9 Å². The van der Waals surface area contributed by atoms with Crippen molar-refractivity contribution in [2.75, 3.05) is 7.11 Å². The summed E-state index contributed by atoms with van der Waals surface area (Å²) in [4.78, 5) is 27.9. The summed E-state index contributed by atoms with van der Waals surface area (Å²) in [7, 11) is 1.32. The van der Waals surface area contributed by atoms with Crippen LogP contribution in [0.1, 0.15) is 56.4 Å². The fourth-order valence-electron chi connectivity index (χ4n) is 1.77. The van der Waals surface area contributed by atoms with Gasteiger partial charge in [0.1, 0.15) is 11.3 Å². The third kappa shape index (κ3) is 7.57. The lowest BCUT2D eigenvalue weighted by Crippen LogP contribution is -2.44. The molecule has 0 unspecified atom stereocenters. The van der Waals surface area contributed by atoms with Gasteiger partial charge in [0.15, 0.2) is 0 Å². The summed E-state index contributed by atoms with van der Waals surface area (Å²) in [5, 5.41) is 3.18. The standard InChI is InChI=1S/C18H23BrN2O4/c1-17(2,3)25-16(23)21-18(4,5)8-7-13-9-12(15(22)24-6)10-14(11-19)20-13/h9-10H,11H2,1-6H3,(H,21,23). The molecule has 0 fully saturated rings. The maximum Gasteiger partial charge on any atom is 0.408 e. The first-order valence-electron chi connectivity index (χ1n) is 7.65. The number of pyridine rings is 1. The second kappa shape index (κ2) is 8.34. The molecule has 1 rings (SSSR count). The van der Waals surface area contributed by atoms with Crippen LogP contribution < -0.4 is 5.32 Å². The normalized spacial score (nSPS) is 11.2. The van der Waals surface area contributed by atoms with Gasteiger partial charge in [0.2, 0.25) is 0 Å². The maximum absolute atomic E-state index is 11.9. The van der Waals surface area contributed by atoms with E-state index >= 15 is 0 Å². The van der Waals surface area contributed by atoms with E-state index in [2.05, 4.69) is 38.1 Å². The number of halogens is 1. The van der Waals surface area contributed by atoms with Crippen LogP contribution in [0.15, 0.2) is 12.1 Å². The highest BCUT2D eigenvalue weighted by molar-refractivity contribution is 9.08. The zero-order valence-corrected chi connectivity index (χ0v) is 16.9. The van der Waals surface area contributed by atoms with Crippen LogP contribution in [0.3, 0.4) is 0 Å². The first-order valence-corrected chi connectivity index (χ1v) is 8.77. The van der Waals surface area contributed by atoms with Crippen LogP contribution in [0, 0.1) is 11.8 Å². The Labute approximate surface area is 156 Å². The smallest absolute Gasteiger partial charge is 0.408 e. The van der Waals surface area contributed by atoms with E-state index in [1.54, 1.807) is 46.8 Å². The van der Waals surface area contributed by atoms with E-state index in [4.69, 9.17) is 9.47 Å². The minimum absolute atomic E-state index is 0.370. The topological polar surface area (TPSA) is 77.5 Å². The lowest BCUT2D eigenvalue weighted by molar-refractivity contribution is 0.0493. The number of carbonyl (C=O) groups is 2. The molecule has 1 aromatic heterocycles. The molecule has 0 aliphatic rings. The van der Waals surface area contributed by atoms with Crippen molar-refractivity contribution in [3.63, 3.8) is 0 Å². The summed E-state index contributed by atoms with van der Waals surface area (Å²) in [6.45, 7) is 8.86. The van der Waals surface area contributed by atoms with E-state index in [1.165, 1.54) is 7.11 Å². The molecule has 0 spiro atoms. The van der Waals surface area contributed by atoms with Crippen molar-refractivity contribution in [2.45, 2.75) is 51.1 Å². The predicted octanol–water partition coefficient (Wildman–Crippen LogP) is 3.42. The molecule has 0 saturated heterocycles. The predicted molar refractivity (Wildman–Crippen MR) is 98.5 cm³/mol. The monoisotopic (exact) mass is 410 g/mol. The first-order chi connectivity index (χ1) is 11.5. The number of hydrogen-bond donors (Lipinski definition) is 1. The lowest BCUT2D eigenvalue weighted by Gasteiger charge is -2.24. The molecule has 0 atom stereocenters. The molecule has 1 heterocycles. The van der Waals surface area contributed by atoms with Crippen LogP contribution >= 0.6 is 15.9 Å². The Kier molecular flexibility index (Phi) is 7.00. The van der Waals surface area contributed by atoms with Gasteiger partial charge in [-0.1, -0.05) is 21.9 Å². The van der Waals surface area contributed by atoms with E-state index < -0.39 is 23.2 Å². The highest BCUT2D eigenvalue weighted by atomic mass is 79.9. The number of alkyl carbamates (subject to hydrolysis) is 1. The largest absolute Gasteiger partial charge is 0.465 e.